The lowest BCUT2D eigenvalue weighted by atomic mass is 9.43. The Morgan fingerprint density at radius 3 is 2.65 bits per heavy atom. The molecule has 0 aromatic heterocycles. The van der Waals surface area contributed by atoms with Crippen LogP contribution in [0.2, 0.25) is 0 Å². The van der Waals surface area contributed by atoms with Gasteiger partial charge in [-0.05, 0) is 101 Å². The van der Waals surface area contributed by atoms with Crippen LogP contribution in [0, 0.1) is 22.7 Å². The molecule has 3 nitrogen and oxygen atoms in total. The summed E-state index contributed by atoms with van der Waals surface area (Å²) in [6, 6.07) is 5.40. The van der Waals surface area contributed by atoms with Gasteiger partial charge in [0.15, 0.2) is 0 Å². The van der Waals surface area contributed by atoms with Crippen LogP contribution in [0.15, 0.2) is 29.8 Å². The van der Waals surface area contributed by atoms with E-state index in [4.69, 9.17) is 4.74 Å². The Bertz CT molecular complexity index is 904. The molecular weight excluding hydrogens is 452 g/mol. The Morgan fingerprint density at radius 2 is 1.97 bits per heavy atom. The highest BCUT2D eigenvalue weighted by molar-refractivity contribution is 9.09. The number of fused-ring (bicyclic) bond motifs is 4. The topological polar surface area (TPSA) is 46.5 Å². The quantitative estimate of drug-likeness (QED) is 0.354. The molecule has 0 bridgehead atoms. The smallest absolute Gasteiger partial charge is 0.335 e. The van der Waals surface area contributed by atoms with Crippen LogP contribution < -0.4 is 4.74 Å². The SMILES string of the molecule is CC(C)=CCC[C@@]1(C)[C@H](Br)CC[C@]2(C)[C@@H]1CC[C@@H]1Cc3cc(C(=O)O)ccc3O[C@]12C. The summed E-state index contributed by atoms with van der Waals surface area (Å²) in [6.07, 6.45) is 10.4. The predicted molar refractivity (Wildman–Crippen MR) is 129 cm³/mol. The summed E-state index contributed by atoms with van der Waals surface area (Å²) in [6.45, 7) is 11.7. The van der Waals surface area contributed by atoms with Gasteiger partial charge in [0, 0.05) is 16.2 Å². The number of ether oxygens (including phenoxy) is 1. The molecule has 3 aliphatic rings. The number of carboxylic acid groups (broad SMARTS) is 1. The summed E-state index contributed by atoms with van der Waals surface area (Å²) in [5.41, 5.74) is 2.94. The Kier molecular flexibility index (Phi) is 5.86. The third kappa shape index (κ3) is 3.57. The zero-order valence-electron chi connectivity index (χ0n) is 19.6. The summed E-state index contributed by atoms with van der Waals surface area (Å²) in [5.74, 6) is 1.05. The van der Waals surface area contributed by atoms with Crippen molar-refractivity contribution >= 4 is 21.9 Å². The molecule has 2 fully saturated rings. The maximum Gasteiger partial charge on any atom is 0.335 e. The third-order valence-electron chi connectivity index (χ3n) is 9.25. The average Bonchev–Trinajstić information content (AvgIpc) is 2.70. The summed E-state index contributed by atoms with van der Waals surface area (Å²) in [7, 11) is 0. The normalized spacial score (nSPS) is 38.8. The number of carbonyl (C=O) groups is 1. The van der Waals surface area contributed by atoms with Gasteiger partial charge < -0.3 is 9.84 Å². The lowest BCUT2D eigenvalue weighted by Crippen LogP contribution is -2.67. The van der Waals surface area contributed by atoms with Crippen molar-refractivity contribution in [2.45, 2.75) is 90.0 Å². The molecule has 2 aliphatic carbocycles. The van der Waals surface area contributed by atoms with Gasteiger partial charge in [-0.1, -0.05) is 41.4 Å². The fourth-order valence-electron chi connectivity index (χ4n) is 7.19. The molecule has 31 heavy (non-hydrogen) atoms. The van der Waals surface area contributed by atoms with Gasteiger partial charge in [-0.2, -0.15) is 0 Å². The van der Waals surface area contributed by atoms with Crippen molar-refractivity contribution in [3.8, 4) is 5.75 Å². The zero-order valence-corrected chi connectivity index (χ0v) is 21.2. The number of carboxylic acids is 1. The molecule has 4 rings (SSSR count). The molecule has 0 spiro atoms. The summed E-state index contributed by atoms with van der Waals surface area (Å²) >= 11 is 4.10. The predicted octanol–water partition coefficient (Wildman–Crippen LogP) is 7.42. The van der Waals surface area contributed by atoms with Crippen molar-refractivity contribution < 1.29 is 14.6 Å². The Balaban J connectivity index is 1.69. The zero-order chi connectivity index (χ0) is 22.6. The largest absolute Gasteiger partial charge is 0.486 e. The second-order valence-electron chi connectivity index (χ2n) is 11.1. The van der Waals surface area contributed by atoms with Crippen molar-refractivity contribution in [1.82, 2.24) is 0 Å². The molecule has 170 valence electrons. The maximum absolute atomic E-state index is 11.5. The molecular formula is C27H37BrO3. The van der Waals surface area contributed by atoms with Crippen molar-refractivity contribution in [3.05, 3.63) is 41.0 Å². The van der Waals surface area contributed by atoms with Gasteiger partial charge in [-0.25, -0.2) is 4.79 Å². The standard InChI is InChI=1S/C27H37BrO3/c1-17(2)7-6-13-25(3)22-11-9-20-16-19-15-18(24(29)30)8-10-21(19)31-27(20,5)26(22,4)14-12-23(25)28/h7-8,10,15,20,22-23H,6,9,11-14,16H2,1-5H3,(H,29,30)/t20-,22-,23-,25-,26-,27-/m1/s1. The van der Waals surface area contributed by atoms with E-state index in [1.54, 1.807) is 6.07 Å². The first-order valence-electron chi connectivity index (χ1n) is 11.8. The first-order valence-corrected chi connectivity index (χ1v) is 12.8. The van der Waals surface area contributed by atoms with Gasteiger partial charge >= 0.3 is 5.97 Å². The van der Waals surface area contributed by atoms with Gasteiger partial charge in [-0.3, -0.25) is 0 Å². The summed E-state index contributed by atoms with van der Waals surface area (Å²) < 4.78 is 6.88. The molecule has 6 atom stereocenters. The van der Waals surface area contributed by atoms with E-state index in [1.165, 1.54) is 31.3 Å². The van der Waals surface area contributed by atoms with E-state index in [0.717, 1.165) is 30.6 Å². The highest BCUT2D eigenvalue weighted by Gasteiger charge is 2.65. The number of hydrogen-bond donors (Lipinski definition) is 1. The number of rotatable bonds is 4. The molecule has 1 aromatic rings. The fourth-order valence-corrected chi connectivity index (χ4v) is 7.97. The Labute approximate surface area is 195 Å². The monoisotopic (exact) mass is 488 g/mol. The van der Waals surface area contributed by atoms with Crippen molar-refractivity contribution in [1.29, 1.82) is 0 Å². The summed E-state index contributed by atoms with van der Waals surface area (Å²) in [4.78, 5) is 12.0. The van der Waals surface area contributed by atoms with Gasteiger partial charge in [0.2, 0.25) is 0 Å². The van der Waals surface area contributed by atoms with E-state index >= 15 is 0 Å². The lowest BCUT2D eigenvalue weighted by Gasteiger charge is -2.66. The lowest BCUT2D eigenvalue weighted by molar-refractivity contribution is -0.196. The number of allylic oxidation sites excluding steroid dienone is 2. The first kappa shape index (κ1) is 22.9. The minimum Gasteiger partial charge on any atom is -0.486 e. The molecule has 0 unspecified atom stereocenters. The second kappa shape index (κ2) is 7.93. The number of hydrogen-bond acceptors (Lipinski definition) is 2. The highest BCUT2D eigenvalue weighted by Crippen LogP contribution is 2.67. The third-order valence-corrected chi connectivity index (χ3v) is 10.7. The van der Waals surface area contributed by atoms with Gasteiger partial charge in [0.05, 0.1) is 5.56 Å². The molecule has 1 heterocycles. The molecule has 0 saturated heterocycles. The minimum atomic E-state index is -0.866. The van der Waals surface area contributed by atoms with Crippen LogP contribution >= 0.6 is 15.9 Å². The van der Waals surface area contributed by atoms with Crippen LogP contribution in [0.4, 0.5) is 0 Å². The van der Waals surface area contributed by atoms with Crippen molar-refractivity contribution in [2.24, 2.45) is 22.7 Å². The average molecular weight is 489 g/mol. The van der Waals surface area contributed by atoms with Crippen molar-refractivity contribution in [2.75, 3.05) is 0 Å². The van der Waals surface area contributed by atoms with Crippen LogP contribution in [-0.2, 0) is 6.42 Å². The van der Waals surface area contributed by atoms with Gasteiger partial charge in [-0.15, -0.1) is 0 Å². The molecule has 1 N–H and O–H groups in total. The Hall–Kier alpha value is -1.29. The number of alkyl halides is 1. The molecule has 4 heteroatoms. The van der Waals surface area contributed by atoms with E-state index in [9.17, 15) is 9.90 Å². The second-order valence-corrected chi connectivity index (χ2v) is 12.2. The molecule has 1 aliphatic heterocycles. The first-order chi connectivity index (χ1) is 14.5. The van der Waals surface area contributed by atoms with E-state index in [0.29, 0.717) is 22.2 Å². The van der Waals surface area contributed by atoms with Crippen LogP contribution in [0.1, 0.15) is 89.1 Å². The number of aromatic carboxylic acids is 1. The van der Waals surface area contributed by atoms with Crippen LogP contribution in [0.25, 0.3) is 0 Å². The number of halogens is 1. The van der Waals surface area contributed by atoms with Crippen molar-refractivity contribution in [3.63, 3.8) is 0 Å². The van der Waals surface area contributed by atoms with Crippen LogP contribution in [0.5, 0.6) is 5.75 Å². The van der Waals surface area contributed by atoms with E-state index < -0.39 is 5.97 Å². The molecule has 0 amide bonds. The van der Waals surface area contributed by atoms with E-state index in [1.807, 2.05) is 12.1 Å². The Morgan fingerprint density at radius 1 is 1.23 bits per heavy atom. The van der Waals surface area contributed by atoms with E-state index in [-0.39, 0.29) is 16.4 Å². The van der Waals surface area contributed by atoms with Crippen LogP contribution in [-0.4, -0.2) is 21.5 Å². The van der Waals surface area contributed by atoms with Crippen LogP contribution in [0.3, 0.4) is 0 Å². The maximum atomic E-state index is 11.5. The minimum absolute atomic E-state index is 0.100. The summed E-state index contributed by atoms with van der Waals surface area (Å²) in [5, 5.41) is 9.40. The number of benzene rings is 1. The highest BCUT2D eigenvalue weighted by atomic mass is 79.9. The fraction of sp³-hybridized carbons (Fsp3) is 0.667. The molecule has 0 radical (unpaired) electrons. The van der Waals surface area contributed by atoms with E-state index in [2.05, 4.69) is 56.6 Å². The van der Waals surface area contributed by atoms with Gasteiger partial charge in [0.25, 0.3) is 0 Å². The molecule has 2 saturated carbocycles. The van der Waals surface area contributed by atoms with Gasteiger partial charge in [0.1, 0.15) is 11.4 Å². The molecule has 1 aromatic carbocycles.